The maximum Gasteiger partial charge on any atom is 0.277 e. The van der Waals surface area contributed by atoms with Gasteiger partial charge in [-0.2, -0.15) is 15.3 Å². The van der Waals surface area contributed by atoms with Crippen LogP contribution < -0.4 is 10.6 Å². The number of hydrogen-bond donors (Lipinski definition) is 2. The van der Waals surface area contributed by atoms with Crippen LogP contribution in [0.2, 0.25) is 5.02 Å². The topological polar surface area (TPSA) is 112 Å². The normalized spacial score (nSPS) is 10.9. The molecular weight excluding hydrogens is 372 g/mol. The summed E-state index contributed by atoms with van der Waals surface area (Å²) in [5.74, 6) is -0.946. The van der Waals surface area contributed by atoms with Crippen LogP contribution in [0.15, 0.2) is 18.6 Å². The van der Waals surface area contributed by atoms with Crippen LogP contribution in [0.1, 0.15) is 33.6 Å². The zero-order valence-corrected chi connectivity index (χ0v) is 16.1. The molecule has 0 spiro atoms. The minimum absolute atomic E-state index is 0.0804. The Balaban J connectivity index is 1.83. The summed E-state index contributed by atoms with van der Waals surface area (Å²) in [4.78, 5) is 25.2. The van der Waals surface area contributed by atoms with Crippen LogP contribution in [0.4, 0.5) is 11.4 Å². The van der Waals surface area contributed by atoms with Crippen LogP contribution in [-0.4, -0.2) is 41.2 Å². The molecule has 3 aromatic rings. The second-order valence-electron chi connectivity index (χ2n) is 5.89. The van der Waals surface area contributed by atoms with Crippen molar-refractivity contribution in [2.75, 3.05) is 10.6 Å². The number of anilines is 2. The Morgan fingerprint density at radius 3 is 2.30 bits per heavy atom. The number of rotatable bonds is 5. The summed E-state index contributed by atoms with van der Waals surface area (Å²) in [6.07, 6.45) is 4.52. The molecule has 0 aliphatic rings. The van der Waals surface area contributed by atoms with Crippen molar-refractivity contribution in [3.63, 3.8) is 0 Å². The van der Waals surface area contributed by atoms with E-state index in [-0.39, 0.29) is 22.1 Å². The van der Waals surface area contributed by atoms with E-state index in [9.17, 15) is 9.59 Å². The Labute approximate surface area is 160 Å². The Kier molecular flexibility index (Phi) is 5.00. The fourth-order valence-corrected chi connectivity index (χ4v) is 2.73. The van der Waals surface area contributed by atoms with Gasteiger partial charge in [0.1, 0.15) is 5.69 Å². The summed E-state index contributed by atoms with van der Waals surface area (Å²) >= 11 is 6.07. The van der Waals surface area contributed by atoms with E-state index in [4.69, 9.17) is 11.6 Å². The van der Waals surface area contributed by atoms with Gasteiger partial charge in [0, 0.05) is 26.8 Å². The number of aromatic nitrogens is 6. The predicted molar refractivity (Wildman–Crippen MR) is 100.0 cm³/mol. The lowest BCUT2D eigenvalue weighted by Gasteiger charge is -2.08. The number of carbonyl (C=O) groups excluding carboxylic acids is 2. The molecule has 0 aliphatic carbocycles. The molecule has 10 nitrogen and oxygen atoms in total. The fourth-order valence-electron chi connectivity index (χ4n) is 2.50. The third kappa shape index (κ3) is 3.56. The van der Waals surface area contributed by atoms with Crippen molar-refractivity contribution in [1.29, 1.82) is 0 Å². The minimum Gasteiger partial charge on any atom is -0.318 e. The zero-order valence-electron chi connectivity index (χ0n) is 15.3. The Morgan fingerprint density at radius 1 is 1.07 bits per heavy atom. The average Bonchev–Trinajstić information content (AvgIpc) is 3.28. The van der Waals surface area contributed by atoms with Gasteiger partial charge in [0.25, 0.3) is 11.8 Å². The maximum absolute atomic E-state index is 12.7. The molecule has 0 aromatic carbocycles. The molecule has 0 fully saturated rings. The predicted octanol–water partition coefficient (Wildman–Crippen LogP) is 1.84. The number of nitrogens with one attached hydrogen (secondary N) is 2. The Hall–Kier alpha value is -3.14. The van der Waals surface area contributed by atoms with Crippen LogP contribution in [0, 0.1) is 6.92 Å². The summed E-state index contributed by atoms with van der Waals surface area (Å²) in [5, 5.41) is 17.9. The van der Waals surface area contributed by atoms with E-state index in [1.807, 2.05) is 13.8 Å². The first-order valence-electron chi connectivity index (χ1n) is 8.18. The minimum atomic E-state index is -0.521. The van der Waals surface area contributed by atoms with Crippen LogP contribution in [-0.2, 0) is 20.6 Å². The highest BCUT2D eigenvalue weighted by molar-refractivity contribution is 6.34. The Bertz CT molecular complexity index is 1020. The third-order valence-electron chi connectivity index (χ3n) is 4.14. The van der Waals surface area contributed by atoms with Crippen molar-refractivity contribution in [3.05, 3.63) is 40.7 Å². The van der Waals surface area contributed by atoms with E-state index in [2.05, 4.69) is 25.9 Å². The van der Waals surface area contributed by atoms with E-state index in [0.717, 1.165) is 5.69 Å². The fraction of sp³-hybridized carbons (Fsp3) is 0.312. The van der Waals surface area contributed by atoms with Gasteiger partial charge in [-0.05, 0) is 13.8 Å². The van der Waals surface area contributed by atoms with E-state index in [0.29, 0.717) is 12.2 Å². The highest BCUT2D eigenvalue weighted by Gasteiger charge is 2.22. The lowest BCUT2D eigenvalue weighted by Crippen LogP contribution is -2.21. The molecule has 2 amide bonds. The first kappa shape index (κ1) is 18.6. The lowest BCUT2D eigenvalue weighted by molar-refractivity contribution is 0.101. The van der Waals surface area contributed by atoms with Gasteiger partial charge in [-0.15, -0.1) is 0 Å². The van der Waals surface area contributed by atoms with Crippen molar-refractivity contribution < 1.29 is 9.59 Å². The molecule has 0 unspecified atom stereocenters. The van der Waals surface area contributed by atoms with Gasteiger partial charge in [0.05, 0.1) is 34.5 Å². The molecular formula is C16H19ClN8O2. The molecule has 0 bridgehead atoms. The Morgan fingerprint density at radius 2 is 1.70 bits per heavy atom. The summed E-state index contributed by atoms with van der Waals surface area (Å²) < 4.78 is 4.58. The van der Waals surface area contributed by atoms with Gasteiger partial charge < -0.3 is 10.6 Å². The first-order valence-corrected chi connectivity index (χ1v) is 8.55. The van der Waals surface area contributed by atoms with Crippen LogP contribution in [0.25, 0.3) is 0 Å². The van der Waals surface area contributed by atoms with Crippen LogP contribution in [0.5, 0.6) is 0 Å². The van der Waals surface area contributed by atoms with E-state index < -0.39 is 11.8 Å². The van der Waals surface area contributed by atoms with Crippen molar-refractivity contribution in [1.82, 2.24) is 29.3 Å². The molecule has 3 aromatic heterocycles. The van der Waals surface area contributed by atoms with Crippen molar-refractivity contribution in [2.24, 2.45) is 14.1 Å². The molecule has 11 heteroatoms. The van der Waals surface area contributed by atoms with Crippen molar-refractivity contribution in [3.8, 4) is 0 Å². The van der Waals surface area contributed by atoms with Crippen LogP contribution >= 0.6 is 11.6 Å². The van der Waals surface area contributed by atoms with E-state index >= 15 is 0 Å². The molecule has 0 saturated heterocycles. The molecule has 3 heterocycles. The highest BCUT2D eigenvalue weighted by atomic mass is 35.5. The van der Waals surface area contributed by atoms with Gasteiger partial charge in [-0.25, -0.2) is 0 Å². The highest BCUT2D eigenvalue weighted by Crippen LogP contribution is 2.21. The smallest absolute Gasteiger partial charge is 0.277 e. The largest absolute Gasteiger partial charge is 0.318 e. The number of aryl methyl sites for hydroxylation is 3. The summed E-state index contributed by atoms with van der Waals surface area (Å²) in [7, 11) is 3.39. The second kappa shape index (κ2) is 7.23. The molecule has 0 atom stereocenters. The first-order chi connectivity index (χ1) is 12.8. The SMILES string of the molecule is CCn1cc(Cl)c(C(=O)Nc2cnn(C)c2C(=O)Nc2cnn(C)c2C)n1. The summed E-state index contributed by atoms with van der Waals surface area (Å²) in [6.45, 7) is 4.30. The van der Waals surface area contributed by atoms with Gasteiger partial charge >= 0.3 is 0 Å². The molecule has 3 rings (SSSR count). The second-order valence-corrected chi connectivity index (χ2v) is 6.29. The number of carbonyl (C=O) groups is 2. The maximum atomic E-state index is 12.7. The average molecular weight is 391 g/mol. The lowest BCUT2D eigenvalue weighted by atomic mass is 10.3. The number of nitrogens with zero attached hydrogens (tertiary/aromatic N) is 6. The molecule has 0 aliphatic heterocycles. The number of hydrogen-bond acceptors (Lipinski definition) is 5. The summed E-state index contributed by atoms with van der Waals surface area (Å²) in [6, 6.07) is 0. The van der Waals surface area contributed by atoms with Gasteiger partial charge in [0.15, 0.2) is 5.69 Å². The van der Waals surface area contributed by atoms with E-state index in [1.54, 1.807) is 35.9 Å². The summed E-state index contributed by atoms with van der Waals surface area (Å²) in [5.41, 5.74) is 1.90. The standard InChI is InChI=1S/C16H19ClN8O2/c1-5-25-8-10(17)13(22-25)15(26)21-12-7-19-24(4)14(12)16(27)20-11-6-18-23(3)9(11)2/h6-8H,5H2,1-4H3,(H,20,27)(H,21,26). The van der Waals surface area contributed by atoms with Crippen molar-refractivity contribution >= 4 is 34.8 Å². The monoisotopic (exact) mass is 390 g/mol. The van der Waals surface area contributed by atoms with Gasteiger partial charge in [0.2, 0.25) is 0 Å². The van der Waals surface area contributed by atoms with Crippen molar-refractivity contribution in [2.45, 2.75) is 20.4 Å². The molecule has 0 radical (unpaired) electrons. The van der Waals surface area contributed by atoms with E-state index in [1.165, 1.54) is 10.9 Å². The molecule has 27 heavy (non-hydrogen) atoms. The zero-order chi connectivity index (χ0) is 19.7. The van der Waals surface area contributed by atoms with Crippen LogP contribution in [0.3, 0.4) is 0 Å². The van der Waals surface area contributed by atoms with Gasteiger partial charge in [-0.1, -0.05) is 11.6 Å². The third-order valence-corrected chi connectivity index (χ3v) is 4.42. The number of halogens is 1. The molecule has 2 N–H and O–H groups in total. The number of amides is 2. The van der Waals surface area contributed by atoms with Gasteiger partial charge in [-0.3, -0.25) is 23.6 Å². The molecule has 142 valence electrons. The quantitative estimate of drug-likeness (QED) is 0.690. The molecule has 0 saturated carbocycles.